The van der Waals surface area contributed by atoms with E-state index >= 15 is 0 Å². The molecular formula is C29H34FN7O. The summed E-state index contributed by atoms with van der Waals surface area (Å²) in [6.45, 7) is 6.71. The van der Waals surface area contributed by atoms with Crippen LogP contribution in [-0.2, 0) is 0 Å². The van der Waals surface area contributed by atoms with Gasteiger partial charge < -0.3 is 9.88 Å². The largest absolute Gasteiger partial charge is 0.367 e. The van der Waals surface area contributed by atoms with Crippen molar-refractivity contribution in [2.75, 3.05) is 31.1 Å². The van der Waals surface area contributed by atoms with E-state index in [2.05, 4.69) is 43.3 Å². The second-order valence-electron chi connectivity index (χ2n) is 10.7. The Labute approximate surface area is 221 Å². The highest BCUT2D eigenvalue weighted by atomic mass is 19.1. The van der Waals surface area contributed by atoms with Gasteiger partial charge in [-0.25, -0.2) is 9.07 Å². The predicted molar refractivity (Wildman–Crippen MR) is 146 cm³/mol. The molecule has 8 nitrogen and oxygen atoms in total. The van der Waals surface area contributed by atoms with Gasteiger partial charge in [-0.1, -0.05) is 37.5 Å². The average Bonchev–Trinajstić information content (AvgIpc) is 3.40. The van der Waals surface area contributed by atoms with Gasteiger partial charge in [-0.15, -0.1) is 5.10 Å². The number of aromatic nitrogens is 5. The molecule has 1 unspecified atom stereocenters. The lowest BCUT2D eigenvalue weighted by Crippen LogP contribution is -2.49. The van der Waals surface area contributed by atoms with Gasteiger partial charge in [0.1, 0.15) is 11.9 Å². The molecule has 1 aliphatic heterocycles. The number of rotatable bonds is 5. The molecule has 4 aromatic rings. The number of pyridine rings is 1. The van der Waals surface area contributed by atoms with Crippen LogP contribution in [-0.4, -0.2) is 56.3 Å². The van der Waals surface area contributed by atoms with Crippen molar-refractivity contribution in [1.29, 1.82) is 0 Å². The van der Waals surface area contributed by atoms with Gasteiger partial charge in [0.25, 0.3) is 5.56 Å². The van der Waals surface area contributed by atoms with Crippen LogP contribution in [0, 0.1) is 19.7 Å². The summed E-state index contributed by atoms with van der Waals surface area (Å²) < 4.78 is 16.5. The fourth-order valence-corrected chi connectivity index (χ4v) is 6.29. The summed E-state index contributed by atoms with van der Waals surface area (Å²) in [6, 6.07) is 12.9. The number of halogens is 1. The van der Waals surface area contributed by atoms with Crippen LogP contribution < -0.4 is 10.5 Å². The third-order valence-electron chi connectivity index (χ3n) is 8.19. The van der Waals surface area contributed by atoms with Crippen LogP contribution in [0.15, 0.2) is 47.3 Å². The van der Waals surface area contributed by atoms with E-state index in [0.717, 1.165) is 47.7 Å². The molecule has 0 radical (unpaired) electrons. The zero-order valence-electron chi connectivity index (χ0n) is 22.0. The van der Waals surface area contributed by atoms with E-state index in [1.807, 2.05) is 35.9 Å². The number of nitrogens with zero attached hydrogens (tertiary/aromatic N) is 6. The van der Waals surface area contributed by atoms with Crippen molar-refractivity contribution < 1.29 is 4.39 Å². The molecule has 2 aliphatic rings. The van der Waals surface area contributed by atoms with Gasteiger partial charge in [0.05, 0.1) is 11.7 Å². The standard InChI is InChI=1S/C29H34FN7O/c1-19-16-20(2)22-18-23(29(38)31-25(22)17-19)27(28-32-33-34-37(28)21-8-4-3-5-9-21)36-14-12-35(13-15-36)26-11-7-6-10-24(26)30/h6-7,10-11,16-18,21,27H,3-5,8-9,12-15H2,1-2H3,(H,31,38). The minimum atomic E-state index is -0.399. The normalized spacial score (nSPS) is 18.2. The highest BCUT2D eigenvalue weighted by Gasteiger charge is 2.35. The second-order valence-corrected chi connectivity index (χ2v) is 10.7. The maximum absolute atomic E-state index is 14.5. The molecule has 0 amide bonds. The Kier molecular flexibility index (Phi) is 6.69. The molecule has 2 fully saturated rings. The summed E-state index contributed by atoms with van der Waals surface area (Å²) >= 11 is 0. The first-order chi connectivity index (χ1) is 18.5. The molecule has 2 aromatic heterocycles. The molecule has 2 aromatic carbocycles. The lowest BCUT2D eigenvalue weighted by Gasteiger charge is -2.40. The second kappa shape index (κ2) is 10.3. The smallest absolute Gasteiger partial charge is 0.253 e. The van der Waals surface area contributed by atoms with Gasteiger partial charge in [-0.3, -0.25) is 9.69 Å². The van der Waals surface area contributed by atoms with Crippen molar-refractivity contribution in [2.45, 2.75) is 58.0 Å². The molecule has 198 valence electrons. The minimum absolute atomic E-state index is 0.123. The van der Waals surface area contributed by atoms with Gasteiger partial charge in [0, 0.05) is 42.6 Å². The lowest BCUT2D eigenvalue weighted by molar-refractivity contribution is 0.192. The van der Waals surface area contributed by atoms with E-state index in [9.17, 15) is 9.18 Å². The number of piperazine rings is 1. The van der Waals surface area contributed by atoms with Gasteiger partial charge in [-0.2, -0.15) is 0 Å². The quantitative estimate of drug-likeness (QED) is 0.415. The molecule has 1 N–H and O–H groups in total. The van der Waals surface area contributed by atoms with Crippen LogP contribution >= 0.6 is 0 Å². The first kappa shape index (κ1) is 24.7. The maximum Gasteiger partial charge on any atom is 0.253 e. The molecule has 1 saturated heterocycles. The number of aryl methyl sites for hydroxylation is 2. The Morgan fingerprint density at radius 1 is 1.00 bits per heavy atom. The van der Waals surface area contributed by atoms with Crippen molar-refractivity contribution in [2.24, 2.45) is 0 Å². The molecular weight excluding hydrogens is 481 g/mol. The molecule has 6 rings (SSSR count). The Balaban J connectivity index is 1.41. The topological polar surface area (TPSA) is 82.9 Å². The van der Waals surface area contributed by atoms with Crippen LogP contribution in [0.4, 0.5) is 10.1 Å². The van der Waals surface area contributed by atoms with Gasteiger partial charge in [0.15, 0.2) is 5.82 Å². The Morgan fingerprint density at radius 2 is 1.76 bits per heavy atom. The summed E-state index contributed by atoms with van der Waals surface area (Å²) in [6.07, 6.45) is 5.63. The number of H-pyrrole nitrogens is 1. The number of anilines is 1. The molecule has 0 spiro atoms. The highest BCUT2D eigenvalue weighted by Crippen LogP contribution is 2.34. The maximum atomic E-state index is 14.5. The van der Waals surface area contributed by atoms with E-state index < -0.39 is 6.04 Å². The Bertz CT molecular complexity index is 1500. The molecule has 1 atom stereocenters. The van der Waals surface area contributed by atoms with Gasteiger partial charge in [-0.05, 0) is 72.5 Å². The van der Waals surface area contributed by atoms with Gasteiger partial charge >= 0.3 is 0 Å². The van der Waals surface area contributed by atoms with Crippen LogP contribution in [0.1, 0.15) is 66.7 Å². The fourth-order valence-electron chi connectivity index (χ4n) is 6.29. The van der Waals surface area contributed by atoms with Crippen molar-refractivity contribution in [3.63, 3.8) is 0 Å². The van der Waals surface area contributed by atoms with Gasteiger partial charge in [0.2, 0.25) is 0 Å². The van der Waals surface area contributed by atoms with Crippen LogP contribution in [0.25, 0.3) is 10.9 Å². The van der Waals surface area contributed by atoms with Crippen molar-refractivity contribution in [1.82, 2.24) is 30.1 Å². The van der Waals surface area contributed by atoms with E-state index in [1.54, 1.807) is 6.07 Å². The van der Waals surface area contributed by atoms with Crippen molar-refractivity contribution in [3.8, 4) is 0 Å². The molecule has 38 heavy (non-hydrogen) atoms. The third-order valence-corrected chi connectivity index (χ3v) is 8.19. The number of hydrogen-bond donors (Lipinski definition) is 1. The van der Waals surface area contributed by atoms with E-state index in [1.165, 1.54) is 12.5 Å². The first-order valence-corrected chi connectivity index (χ1v) is 13.6. The zero-order chi connectivity index (χ0) is 26.2. The molecule has 0 bridgehead atoms. The van der Waals surface area contributed by atoms with E-state index in [0.29, 0.717) is 43.3 Å². The SMILES string of the molecule is Cc1cc(C)c2cc(C(c3nnnn3C3CCCCC3)N3CCN(c4ccccc4F)CC3)c(=O)[nH]c2c1. The van der Waals surface area contributed by atoms with E-state index in [-0.39, 0.29) is 17.4 Å². The number of fused-ring (bicyclic) bond motifs is 1. The average molecular weight is 516 g/mol. The number of para-hydroxylation sites is 1. The number of nitrogens with one attached hydrogen (secondary N) is 1. The number of tetrazole rings is 1. The Morgan fingerprint density at radius 3 is 2.53 bits per heavy atom. The highest BCUT2D eigenvalue weighted by molar-refractivity contribution is 5.83. The number of hydrogen-bond acceptors (Lipinski definition) is 6. The summed E-state index contributed by atoms with van der Waals surface area (Å²) in [4.78, 5) is 21.1. The summed E-state index contributed by atoms with van der Waals surface area (Å²) in [5, 5.41) is 14.1. The summed E-state index contributed by atoms with van der Waals surface area (Å²) in [5.74, 6) is 0.501. The molecule has 9 heteroatoms. The monoisotopic (exact) mass is 515 g/mol. The Hall–Kier alpha value is -3.59. The number of benzene rings is 2. The van der Waals surface area contributed by atoms with Crippen LogP contribution in [0.5, 0.6) is 0 Å². The van der Waals surface area contributed by atoms with Crippen LogP contribution in [0.2, 0.25) is 0 Å². The predicted octanol–water partition coefficient (Wildman–Crippen LogP) is 4.69. The van der Waals surface area contributed by atoms with E-state index in [4.69, 9.17) is 0 Å². The zero-order valence-corrected chi connectivity index (χ0v) is 22.0. The molecule has 1 saturated carbocycles. The minimum Gasteiger partial charge on any atom is -0.367 e. The van der Waals surface area contributed by atoms with Crippen molar-refractivity contribution >= 4 is 16.6 Å². The summed E-state index contributed by atoms with van der Waals surface area (Å²) in [7, 11) is 0. The molecule has 3 heterocycles. The first-order valence-electron chi connectivity index (χ1n) is 13.6. The molecule has 1 aliphatic carbocycles. The summed E-state index contributed by atoms with van der Waals surface area (Å²) in [5.41, 5.74) is 4.21. The lowest BCUT2D eigenvalue weighted by atomic mass is 9.94. The van der Waals surface area contributed by atoms with Crippen LogP contribution in [0.3, 0.4) is 0 Å². The van der Waals surface area contributed by atoms with Crippen molar-refractivity contribution in [3.05, 3.63) is 81.2 Å². The third kappa shape index (κ3) is 4.60. The number of aromatic amines is 1. The fraction of sp³-hybridized carbons (Fsp3) is 0.448.